The van der Waals surface area contributed by atoms with Gasteiger partial charge in [-0.15, -0.1) is 24.0 Å². The van der Waals surface area contributed by atoms with E-state index in [2.05, 4.69) is 29.4 Å². The Morgan fingerprint density at radius 3 is 2.48 bits per heavy atom. The quantitative estimate of drug-likeness (QED) is 0.341. The third-order valence-corrected chi connectivity index (χ3v) is 4.40. The molecule has 2 aliphatic heterocycles. The summed E-state index contributed by atoms with van der Waals surface area (Å²) in [5, 5.41) is 6.69. The van der Waals surface area contributed by atoms with Crippen LogP contribution in [0.5, 0.6) is 0 Å². The Balaban J connectivity index is 0.00000364. The molecule has 2 fully saturated rings. The number of carbonyl (C=O) groups is 1. The lowest BCUT2D eigenvalue weighted by molar-refractivity contribution is 0.00697. The Labute approximate surface area is 180 Å². The molecule has 27 heavy (non-hydrogen) atoms. The molecule has 0 radical (unpaired) electrons. The van der Waals surface area contributed by atoms with Crippen LogP contribution in [0.2, 0.25) is 0 Å². The molecular formula is C18H36IN5O3. The van der Waals surface area contributed by atoms with Crippen molar-refractivity contribution in [3.63, 3.8) is 0 Å². The summed E-state index contributed by atoms with van der Waals surface area (Å²) >= 11 is 0. The van der Waals surface area contributed by atoms with Gasteiger partial charge in [-0.25, -0.2) is 4.79 Å². The standard InChI is InChI=1S/C18H35N5O3.HI/c1-6-19-16(20-11-14(2)22-7-9-25-10-8-22)21-15-12-23(13-15)17(24)26-18(3,4)5;/h14-15H,6-13H2,1-5H3,(H2,19,20,21);1H. The van der Waals surface area contributed by atoms with Crippen molar-refractivity contribution in [2.75, 3.05) is 52.5 Å². The molecule has 1 unspecified atom stereocenters. The number of halogens is 1. The Hall–Kier alpha value is -0.810. The fourth-order valence-corrected chi connectivity index (χ4v) is 2.92. The van der Waals surface area contributed by atoms with E-state index in [4.69, 9.17) is 14.5 Å². The summed E-state index contributed by atoms with van der Waals surface area (Å²) in [4.78, 5) is 20.8. The predicted molar refractivity (Wildman–Crippen MR) is 118 cm³/mol. The highest BCUT2D eigenvalue weighted by atomic mass is 127. The highest BCUT2D eigenvalue weighted by Gasteiger charge is 2.34. The fourth-order valence-electron chi connectivity index (χ4n) is 2.92. The molecule has 8 nitrogen and oxygen atoms in total. The minimum absolute atomic E-state index is 0. The minimum atomic E-state index is -0.457. The van der Waals surface area contributed by atoms with Crippen LogP contribution in [0.3, 0.4) is 0 Å². The van der Waals surface area contributed by atoms with Gasteiger partial charge in [-0.1, -0.05) is 0 Å². The van der Waals surface area contributed by atoms with Gasteiger partial charge in [0.2, 0.25) is 0 Å². The van der Waals surface area contributed by atoms with E-state index in [1.54, 1.807) is 4.90 Å². The Morgan fingerprint density at radius 2 is 1.93 bits per heavy atom. The average Bonchev–Trinajstić information content (AvgIpc) is 2.54. The van der Waals surface area contributed by atoms with E-state index in [0.717, 1.165) is 45.4 Å². The van der Waals surface area contributed by atoms with E-state index in [0.29, 0.717) is 19.1 Å². The maximum atomic E-state index is 12.0. The smallest absolute Gasteiger partial charge is 0.410 e. The van der Waals surface area contributed by atoms with E-state index in [1.165, 1.54) is 0 Å². The Kier molecular flexibility index (Phi) is 10.1. The van der Waals surface area contributed by atoms with Gasteiger partial charge in [0.25, 0.3) is 0 Å². The summed E-state index contributed by atoms with van der Waals surface area (Å²) < 4.78 is 10.8. The molecule has 0 aromatic heterocycles. The SMILES string of the molecule is CCNC(=NCC(C)N1CCOCC1)NC1CN(C(=O)OC(C)(C)C)C1.I. The lowest BCUT2D eigenvalue weighted by atomic mass is 10.1. The highest BCUT2D eigenvalue weighted by molar-refractivity contribution is 14.0. The zero-order chi connectivity index (χ0) is 19.2. The highest BCUT2D eigenvalue weighted by Crippen LogP contribution is 2.15. The second kappa shape index (κ2) is 11.3. The number of aliphatic imine (C=N–C) groups is 1. The van der Waals surface area contributed by atoms with Crippen molar-refractivity contribution >= 4 is 36.0 Å². The molecule has 2 aliphatic rings. The summed E-state index contributed by atoms with van der Waals surface area (Å²) in [5.41, 5.74) is -0.457. The summed E-state index contributed by atoms with van der Waals surface area (Å²) in [5.74, 6) is 0.807. The summed E-state index contributed by atoms with van der Waals surface area (Å²) in [6.45, 7) is 16.2. The molecule has 0 spiro atoms. The van der Waals surface area contributed by atoms with Crippen LogP contribution in [-0.4, -0.2) is 92.0 Å². The Bertz CT molecular complexity index is 486. The van der Waals surface area contributed by atoms with Crippen molar-refractivity contribution in [3.8, 4) is 0 Å². The van der Waals surface area contributed by atoms with Crippen molar-refractivity contribution in [1.82, 2.24) is 20.4 Å². The number of rotatable bonds is 5. The largest absolute Gasteiger partial charge is 0.444 e. The van der Waals surface area contributed by atoms with Crippen LogP contribution in [0.15, 0.2) is 4.99 Å². The van der Waals surface area contributed by atoms with Crippen molar-refractivity contribution in [2.24, 2.45) is 4.99 Å². The van der Waals surface area contributed by atoms with Crippen LogP contribution < -0.4 is 10.6 Å². The number of ether oxygens (including phenoxy) is 2. The number of hydrogen-bond acceptors (Lipinski definition) is 5. The van der Waals surface area contributed by atoms with Gasteiger partial charge >= 0.3 is 6.09 Å². The van der Waals surface area contributed by atoms with Crippen molar-refractivity contribution in [2.45, 2.75) is 52.3 Å². The first kappa shape index (κ1) is 24.2. The molecule has 0 aromatic carbocycles. The molecule has 1 amide bonds. The number of hydrogen-bond donors (Lipinski definition) is 2. The average molecular weight is 497 g/mol. The molecule has 1 atom stereocenters. The predicted octanol–water partition coefficient (Wildman–Crippen LogP) is 1.50. The van der Waals surface area contributed by atoms with E-state index >= 15 is 0 Å². The van der Waals surface area contributed by atoms with Crippen molar-refractivity contribution in [3.05, 3.63) is 0 Å². The number of likely N-dealkylation sites (tertiary alicyclic amines) is 1. The summed E-state index contributed by atoms with van der Waals surface area (Å²) in [7, 11) is 0. The molecule has 0 aromatic rings. The molecule has 9 heteroatoms. The van der Waals surface area contributed by atoms with Gasteiger partial charge in [0.05, 0.1) is 25.8 Å². The zero-order valence-electron chi connectivity index (χ0n) is 17.3. The molecule has 0 bridgehead atoms. The van der Waals surface area contributed by atoms with Crippen LogP contribution in [0, 0.1) is 0 Å². The number of amides is 1. The van der Waals surface area contributed by atoms with Crippen LogP contribution in [0.25, 0.3) is 0 Å². The minimum Gasteiger partial charge on any atom is -0.444 e. The molecule has 2 rings (SSSR count). The van der Waals surface area contributed by atoms with Crippen LogP contribution in [-0.2, 0) is 9.47 Å². The van der Waals surface area contributed by atoms with E-state index in [1.807, 2.05) is 20.8 Å². The van der Waals surface area contributed by atoms with Gasteiger partial charge < -0.3 is 25.0 Å². The number of nitrogens with one attached hydrogen (secondary N) is 2. The second-order valence-electron chi connectivity index (χ2n) is 7.94. The van der Waals surface area contributed by atoms with Crippen LogP contribution in [0.4, 0.5) is 4.79 Å². The van der Waals surface area contributed by atoms with Gasteiger partial charge in [-0.2, -0.15) is 0 Å². The third kappa shape index (κ3) is 8.39. The maximum absolute atomic E-state index is 12.0. The number of morpholine rings is 1. The van der Waals surface area contributed by atoms with E-state index in [-0.39, 0.29) is 36.1 Å². The van der Waals surface area contributed by atoms with E-state index < -0.39 is 5.60 Å². The first-order chi connectivity index (χ1) is 12.3. The van der Waals surface area contributed by atoms with Gasteiger partial charge in [0, 0.05) is 38.8 Å². The normalized spacial score (nSPS) is 20.3. The monoisotopic (exact) mass is 497 g/mol. The lowest BCUT2D eigenvalue weighted by Crippen LogP contribution is -2.63. The number of carbonyl (C=O) groups excluding carboxylic acids is 1. The first-order valence-electron chi connectivity index (χ1n) is 9.63. The van der Waals surface area contributed by atoms with Gasteiger partial charge in [0.15, 0.2) is 5.96 Å². The Morgan fingerprint density at radius 1 is 1.30 bits per heavy atom. The number of nitrogens with zero attached hydrogens (tertiary/aromatic N) is 3. The molecule has 0 saturated carbocycles. The third-order valence-electron chi connectivity index (χ3n) is 4.40. The molecule has 158 valence electrons. The van der Waals surface area contributed by atoms with Crippen LogP contribution in [0.1, 0.15) is 34.6 Å². The van der Waals surface area contributed by atoms with Gasteiger partial charge in [-0.05, 0) is 34.6 Å². The lowest BCUT2D eigenvalue weighted by Gasteiger charge is -2.40. The fraction of sp³-hybridized carbons (Fsp3) is 0.889. The topological polar surface area (TPSA) is 78.4 Å². The molecule has 0 aliphatic carbocycles. The second-order valence-corrected chi connectivity index (χ2v) is 7.94. The van der Waals surface area contributed by atoms with Gasteiger partial charge in [-0.3, -0.25) is 9.89 Å². The van der Waals surface area contributed by atoms with Crippen LogP contribution >= 0.6 is 24.0 Å². The van der Waals surface area contributed by atoms with Gasteiger partial charge in [0.1, 0.15) is 5.60 Å². The number of guanidine groups is 1. The summed E-state index contributed by atoms with van der Waals surface area (Å²) in [6.07, 6.45) is -0.251. The first-order valence-corrected chi connectivity index (χ1v) is 9.63. The summed E-state index contributed by atoms with van der Waals surface area (Å²) in [6, 6.07) is 0.591. The maximum Gasteiger partial charge on any atom is 0.410 e. The molecule has 2 N–H and O–H groups in total. The molecule has 2 heterocycles. The molecular weight excluding hydrogens is 461 g/mol. The van der Waals surface area contributed by atoms with Crippen molar-refractivity contribution < 1.29 is 14.3 Å². The van der Waals surface area contributed by atoms with Crippen molar-refractivity contribution in [1.29, 1.82) is 0 Å². The molecule has 2 saturated heterocycles. The zero-order valence-corrected chi connectivity index (χ0v) is 19.6. The van der Waals surface area contributed by atoms with E-state index in [9.17, 15) is 4.79 Å².